The van der Waals surface area contributed by atoms with Gasteiger partial charge in [0.2, 0.25) is 5.75 Å². The van der Waals surface area contributed by atoms with E-state index >= 15 is 0 Å². The Morgan fingerprint density at radius 1 is 1.14 bits per heavy atom. The molecule has 0 fully saturated rings. The van der Waals surface area contributed by atoms with E-state index in [0.717, 1.165) is 26.1 Å². The van der Waals surface area contributed by atoms with Gasteiger partial charge in [-0.05, 0) is 43.2 Å². The lowest BCUT2D eigenvalue weighted by Gasteiger charge is -2.19. The third-order valence-corrected chi connectivity index (χ3v) is 3.67. The van der Waals surface area contributed by atoms with Crippen LogP contribution in [-0.2, 0) is 0 Å². The van der Waals surface area contributed by atoms with Crippen LogP contribution < -0.4 is 14.2 Å². The molecule has 5 nitrogen and oxygen atoms in total. The van der Waals surface area contributed by atoms with Crippen LogP contribution in [0.2, 0.25) is 0 Å². The smallest absolute Gasteiger partial charge is 0.252 e. The van der Waals surface area contributed by atoms with Crippen molar-refractivity contribution in [1.29, 1.82) is 0 Å². The normalized spacial score (nSPS) is 10.6. The van der Waals surface area contributed by atoms with Crippen LogP contribution in [0.1, 0.15) is 30.6 Å². The van der Waals surface area contributed by atoms with E-state index in [1.807, 2.05) is 0 Å². The van der Waals surface area contributed by atoms with Crippen molar-refractivity contribution in [2.24, 2.45) is 0 Å². The second kappa shape index (κ2) is 9.54. The molecule has 0 N–H and O–H groups in total. The molecule has 1 rings (SSSR count). The van der Waals surface area contributed by atoms with E-state index in [1.54, 1.807) is 12.1 Å². The van der Waals surface area contributed by atoms with Crippen LogP contribution >= 0.6 is 11.6 Å². The molecule has 0 saturated heterocycles. The lowest BCUT2D eigenvalue weighted by molar-refractivity contribution is 0.108. The molecule has 0 atom stereocenters. The minimum Gasteiger partial charge on any atom is -0.493 e. The first kappa shape index (κ1) is 18.6. The van der Waals surface area contributed by atoms with Crippen molar-refractivity contribution in [2.75, 3.05) is 40.5 Å². The zero-order valence-corrected chi connectivity index (χ0v) is 14.4. The molecular weight excluding hydrogens is 306 g/mol. The van der Waals surface area contributed by atoms with Crippen LogP contribution in [0.4, 0.5) is 0 Å². The molecule has 0 aliphatic carbocycles. The van der Waals surface area contributed by atoms with Gasteiger partial charge in [0.05, 0.1) is 20.8 Å². The van der Waals surface area contributed by atoms with Gasteiger partial charge in [-0.25, -0.2) is 0 Å². The summed E-state index contributed by atoms with van der Waals surface area (Å²) >= 11 is 5.51. The Hall–Kier alpha value is -1.46. The molecular formula is C16H24ClNO4. The van der Waals surface area contributed by atoms with Crippen molar-refractivity contribution in [1.82, 2.24) is 4.90 Å². The van der Waals surface area contributed by atoms with E-state index in [2.05, 4.69) is 18.7 Å². The number of methoxy groups -OCH3 is 2. The first-order chi connectivity index (χ1) is 10.6. The molecule has 124 valence electrons. The number of rotatable bonds is 10. The lowest BCUT2D eigenvalue weighted by atomic mass is 10.2. The van der Waals surface area contributed by atoms with Gasteiger partial charge in [-0.1, -0.05) is 13.8 Å². The monoisotopic (exact) mass is 329 g/mol. The minimum absolute atomic E-state index is 0.311. The predicted molar refractivity (Wildman–Crippen MR) is 87.6 cm³/mol. The van der Waals surface area contributed by atoms with E-state index in [9.17, 15) is 4.79 Å². The molecule has 0 radical (unpaired) electrons. The highest BCUT2D eigenvalue weighted by Crippen LogP contribution is 2.39. The fourth-order valence-electron chi connectivity index (χ4n) is 2.14. The molecule has 0 spiro atoms. The van der Waals surface area contributed by atoms with E-state index in [4.69, 9.17) is 25.8 Å². The Kier molecular flexibility index (Phi) is 8.06. The third-order valence-electron chi connectivity index (χ3n) is 3.45. The summed E-state index contributed by atoms with van der Waals surface area (Å²) in [4.78, 5) is 13.6. The van der Waals surface area contributed by atoms with Gasteiger partial charge < -0.3 is 19.1 Å². The Balaban J connectivity index is 2.78. The molecule has 22 heavy (non-hydrogen) atoms. The van der Waals surface area contributed by atoms with E-state index in [-0.39, 0.29) is 0 Å². The van der Waals surface area contributed by atoms with Gasteiger partial charge in [0.25, 0.3) is 5.24 Å². The Labute approximate surface area is 137 Å². The summed E-state index contributed by atoms with van der Waals surface area (Å²) in [6.45, 7) is 7.83. The van der Waals surface area contributed by atoms with Gasteiger partial charge in [0, 0.05) is 12.1 Å². The number of nitrogens with zero attached hydrogens (tertiary/aromatic N) is 1. The van der Waals surface area contributed by atoms with Gasteiger partial charge in [0.1, 0.15) is 0 Å². The van der Waals surface area contributed by atoms with Crippen LogP contribution in [0, 0.1) is 0 Å². The summed E-state index contributed by atoms with van der Waals surface area (Å²) in [5, 5.41) is -0.565. The summed E-state index contributed by atoms with van der Waals surface area (Å²) in [6, 6.07) is 3.11. The highest BCUT2D eigenvalue weighted by atomic mass is 35.5. The molecule has 0 aliphatic rings. The third kappa shape index (κ3) is 5.07. The zero-order valence-electron chi connectivity index (χ0n) is 13.6. The number of halogens is 1. The Morgan fingerprint density at radius 2 is 1.68 bits per heavy atom. The van der Waals surface area contributed by atoms with Crippen molar-refractivity contribution in [3.8, 4) is 17.2 Å². The van der Waals surface area contributed by atoms with Crippen LogP contribution in [0.3, 0.4) is 0 Å². The maximum Gasteiger partial charge on any atom is 0.252 e. The van der Waals surface area contributed by atoms with Crippen molar-refractivity contribution in [3.63, 3.8) is 0 Å². The largest absolute Gasteiger partial charge is 0.493 e. The topological polar surface area (TPSA) is 48.0 Å². The summed E-state index contributed by atoms with van der Waals surface area (Å²) in [7, 11) is 3.03. The highest BCUT2D eigenvalue weighted by molar-refractivity contribution is 6.67. The second-order valence-electron chi connectivity index (χ2n) is 4.71. The first-order valence-corrected chi connectivity index (χ1v) is 7.76. The van der Waals surface area contributed by atoms with E-state index in [0.29, 0.717) is 29.4 Å². The lowest BCUT2D eigenvalue weighted by Crippen LogP contribution is -2.25. The Bertz CT molecular complexity index is 464. The molecule has 0 aliphatic heterocycles. The summed E-state index contributed by atoms with van der Waals surface area (Å²) in [5.41, 5.74) is 0.311. The molecule has 0 saturated carbocycles. The van der Waals surface area contributed by atoms with Crippen LogP contribution in [0.15, 0.2) is 12.1 Å². The maximum atomic E-state index is 11.3. The fraction of sp³-hybridized carbons (Fsp3) is 0.562. The quantitative estimate of drug-likeness (QED) is 0.487. The second-order valence-corrected chi connectivity index (χ2v) is 5.06. The number of hydrogen-bond donors (Lipinski definition) is 0. The standard InChI is InChI=1S/C16H24ClNO4/c1-5-18(6-2)8-7-9-22-15-13(20-3)10-12(16(17)19)11-14(15)21-4/h10-11H,5-9H2,1-4H3. The number of hydrogen-bond acceptors (Lipinski definition) is 5. The van der Waals surface area contributed by atoms with Crippen molar-refractivity contribution in [2.45, 2.75) is 20.3 Å². The van der Waals surface area contributed by atoms with Crippen LogP contribution in [0.25, 0.3) is 0 Å². The number of ether oxygens (including phenoxy) is 3. The molecule has 0 bridgehead atoms. The van der Waals surface area contributed by atoms with Crippen LogP contribution in [-0.4, -0.2) is 50.6 Å². The predicted octanol–water partition coefficient (Wildman–Crippen LogP) is 3.19. The number of carbonyl (C=O) groups is 1. The SMILES string of the molecule is CCN(CC)CCCOc1c(OC)cc(C(=O)Cl)cc1OC. The van der Waals surface area contributed by atoms with Gasteiger partial charge in [0.15, 0.2) is 11.5 Å². The molecule has 0 amide bonds. The molecule has 0 aromatic heterocycles. The van der Waals surface area contributed by atoms with Crippen LogP contribution in [0.5, 0.6) is 17.2 Å². The van der Waals surface area contributed by atoms with Crippen molar-refractivity contribution in [3.05, 3.63) is 17.7 Å². The van der Waals surface area contributed by atoms with Crippen molar-refractivity contribution >= 4 is 16.8 Å². The summed E-state index contributed by atoms with van der Waals surface area (Å²) < 4.78 is 16.3. The average molecular weight is 330 g/mol. The Morgan fingerprint density at radius 3 is 2.09 bits per heavy atom. The highest BCUT2D eigenvalue weighted by Gasteiger charge is 2.16. The van der Waals surface area contributed by atoms with Gasteiger partial charge in [-0.2, -0.15) is 0 Å². The van der Waals surface area contributed by atoms with Gasteiger partial charge >= 0.3 is 0 Å². The number of carbonyl (C=O) groups excluding carboxylic acids is 1. The molecule has 1 aromatic carbocycles. The molecule has 6 heteroatoms. The molecule has 0 unspecified atom stereocenters. The minimum atomic E-state index is -0.565. The maximum absolute atomic E-state index is 11.3. The van der Waals surface area contributed by atoms with Gasteiger partial charge in [-0.15, -0.1) is 0 Å². The summed E-state index contributed by atoms with van der Waals surface area (Å²) in [5.74, 6) is 1.36. The molecule has 1 aromatic rings. The average Bonchev–Trinajstić information content (AvgIpc) is 2.54. The number of benzene rings is 1. The van der Waals surface area contributed by atoms with E-state index in [1.165, 1.54) is 14.2 Å². The zero-order chi connectivity index (χ0) is 16.5. The first-order valence-electron chi connectivity index (χ1n) is 7.38. The fourth-order valence-corrected chi connectivity index (χ4v) is 2.25. The van der Waals surface area contributed by atoms with Gasteiger partial charge in [-0.3, -0.25) is 4.79 Å². The van der Waals surface area contributed by atoms with E-state index < -0.39 is 5.24 Å². The summed E-state index contributed by atoms with van der Waals surface area (Å²) in [6.07, 6.45) is 0.893. The molecule has 0 heterocycles. The van der Waals surface area contributed by atoms with Crippen molar-refractivity contribution < 1.29 is 19.0 Å².